The molecule has 74 valence electrons. The van der Waals surface area contributed by atoms with Crippen LogP contribution in [0.4, 0.5) is 0 Å². The molecule has 1 aliphatic rings. The highest BCUT2D eigenvalue weighted by atomic mass is 15.2. The van der Waals surface area contributed by atoms with E-state index in [-0.39, 0.29) is 0 Å². The third-order valence-corrected chi connectivity index (χ3v) is 2.88. The first kappa shape index (κ1) is 12.0. The fraction of sp³-hybridized carbons (Fsp3) is 1.00. The van der Waals surface area contributed by atoms with Crippen LogP contribution in [0.15, 0.2) is 0 Å². The molecule has 1 heteroatoms. The molecule has 0 N–H and O–H groups in total. The molecule has 0 bridgehead atoms. The van der Waals surface area contributed by atoms with E-state index >= 15 is 0 Å². The van der Waals surface area contributed by atoms with Gasteiger partial charge in [0.2, 0.25) is 0 Å². The molecule has 1 rings (SSSR count). The monoisotopic (exact) mass is 171 g/mol. The maximum atomic E-state index is 2.49. The molecular weight excluding hydrogens is 146 g/mol. The molecule has 0 aliphatic carbocycles. The van der Waals surface area contributed by atoms with Crippen LogP contribution in [0.5, 0.6) is 0 Å². The summed E-state index contributed by atoms with van der Waals surface area (Å²) in [6, 6.07) is 1.58. The summed E-state index contributed by atoms with van der Waals surface area (Å²) in [6.45, 7) is 11.0. The average Bonchev–Trinajstić information content (AvgIpc) is 2.04. The lowest BCUT2D eigenvalue weighted by atomic mass is 9.89. The number of likely N-dealkylation sites (tertiary alicyclic amines) is 1. The van der Waals surface area contributed by atoms with Crippen molar-refractivity contribution in [2.45, 2.75) is 59.5 Å². The van der Waals surface area contributed by atoms with E-state index in [1.807, 2.05) is 13.8 Å². The Labute approximate surface area is 78.1 Å². The van der Waals surface area contributed by atoms with Gasteiger partial charge in [-0.25, -0.2) is 0 Å². The highest BCUT2D eigenvalue weighted by Crippen LogP contribution is 2.25. The van der Waals surface area contributed by atoms with Crippen molar-refractivity contribution in [3.8, 4) is 0 Å². The van der Waals surface area contributed by atoms with Crippen molar-refractivity contribution in [2.75, 3.05) is 7.05 Å². The summed E-state index contributed by atoms with van der Waals surface area (Å²) in [5, 5.41) is 0. The second-order valence-corrected chi connectivity index (χ2v) is 3.94. The Kier molecular flexibility index (Phi) is 5.56. The Morgan fingerprint density at radius 3 is 1.58 bits per heavy atom. The zero-order valence-electron chi connectivity index (χ0n) is 9.59. The smallest absolute Gasteiger partial charge is 0.00692 e. The van der Waals surface area contributed by atoms with E-state index in [1.54, 1.807) is 0 Å². The van der Waals surface area contributed by atoms with Gasteiger partial charge in [0, 0.05) is 12.1 Å². The molecule has 12 heavy (non-hydrogen) atoms. The van der Waals surface area contributed by atoms with Crippen LogP contribution in [0.1, 0.15) is 47.5 Å². The number of hydrogen-bond acceptors (Lipinski definition) is 1. The number of nitrogens with zero attached hydrogens (tertiary/aromatic N) is 1. The minimum absolute atomic E-state index is 0.791. The molecular formula is C11H25N. The van der Waals surface area contributed by atoms with E-state index in [0.29, 0.717) is 0 Å². The molecule has 1 heterocycles. The van der Waals surface area contributed by atoms with Gasteiger partial charge in [-0.2, -0.15) is 0 Å². The number of rotatable bonds is 0. The summed E-state index contributed by atoms with van der Waals surface area (Å²) < 4.78 is 0. The predicted molar refractivity (Wildman–Crippen MR) is 56.4 cm³/mol. The third-order valence-electron chi connectivity index (χ3n) is 2.88. The first-order valence-electron chi connectivity index (χ1n) is 5.33. The van der Waals surface area contributed by atoms with Crippen LogP contribution < -0.4 is 0 Å². The summed E-state index contributed by atoms with van der Waals surface area (Å²) in [7, 11) is 2.24. The summed E-state index contributed by atoms with van der Waals surface area (Å²) in [5.41, 5.74) is 0. The SMILES string of the molecule is CC.CC1C[C@@H](C)N(C)[C@@H](C)C1. The topological polar surface area (TPSA) is 3.24 Å². The minimum Gasteiger partial charge on any atom is -0.301 e. The van der Waals surface area contributed by atoms with Gasteiger partial charge >= 0.3 is 0 Å². The highest BCUT2D eigenvalue weighted by Gasteiger charge is 2.24. The van der Waals surface area contributed by atoms with Crippen LogP contribution in [0, 0.1) is 5.92 Å². The molecule has 1 saturated heterocycles. The fourth-order valence-electron chi connectivity index (χ4n) is 2.03. The molecule has 0 spiro atoms. The maximum Gasteiger partial charge on any atom is 0.00692 e. The molecule has 1 aliphatic heterocycles. The van der Waals surface area contributed by atoms with Crippen LogP contribution in [-0.2, 0) is 0 Å². The lowest BCUT2D eigenvalue weighted by Gasteiger charge is -2.39. The van der Waals surface area contributed by atoms with Crippen molar-refractivity contribution in [3.63, 3.8) is 0 Å². The van der Waals surface area contributed by atoms with Gasteiger partial charge in [0.1, 0.15) is 0 Å². The van der Waals surface area contributed by atoms with Crippen LogP contribution in [0.25, 0.3) is 0 Å². The van der Waals surface area contributed by atoms with Crippen LogP contribution in [-0.4, -0.2) is 24.0 Å². The van der Waals surface area contributed by atoms with Gasteiger partial charge in [0.25, 0.3) is 0 Å². The Morgan fingerprint density at radius 1 is 0.917 bits per heavy atom. The van der Waals surface area contributed by atoms with E-state index in [9.17, 15) is 0 Å². The first-order chi connectivity index (χ1) is 5.61. The normalized spacial score (nSPS) is 37.0. The summed E-state index contributed by atoms with van der Waals surface area (Å²) in [4.78, 5) is 2.49. The Hall–Kier alpha value is -0.0400. The van der Waals surface area contributed by atoms with Crippen molar-refractivity contribution < 1.29 is 0 Å². The van der Waals surface area contributed by atoms with E-state index in [2.05, 4.69) is 32.7 Å². The third kappa shape index (κ3) is 3.14. The maximum absolute atomic E-state index is 2.49. The van der Waals surface area contributed by atoms with Crippen molar-refractivity contribution in [1.82, 2.24) is 4.90 Å². The van der Waals surface area contributed by atoms with Crippen LogP contribution in [0.3, 0.4) is 0 Å². The molecule has 1 fully saturated rings. The second-order valence-electron chi connectivity index (χ2n) is 3.94. The van der Waals surface area contributed by atoms with Crippen molar-refractivity contribution in [3.05, 3.63) is 0 Å². The van der Waals surface area contributed by atoms with Crippen molar-refractivity contribution in [2.24, 2.45) is 5.92 Å². The molecule has 0 amide bonds. The van der Waals surface area contributed by atoms with Gasteiger partial charge in [-0.15, -0.1) is 0 Å². The van der Waals surface area contributed by atoms with Gasteiger partial charge in [0.15, 0.2) is 0 Å². The highest BCUT2D eigenvalue weighted by molar-refractivity contribution is 4.79. The number of hydrogen-bond donors (Lipinski definition) is 0. The van der Waals surface area contributed by atoms with Gasteiger partial charge in [-0.05, 0) is 39.7 Å². The zero-order valence-corrected chi connectivity index (χ0v) is 9.59. The summed E-state index contributed by atoms with van der Waals surface area (Å²) >= 11 is 0. The summed E-state index contributed by atoms with van der Waals surface area (Å²) in [5.74, 6) is 0.932. The minimum atomic E-state index is 0.791. The molecule has 1 unspecified atom stereocenters. The van der Waals surface area contributed by atoms with E-state index in [0.717, 1.165) is 18.0 Å². The van der Waals surface area contributed by atoms with Crippen LogP contribution >= 0.6 is 0 Å². The van der Waals surface area contributed by atoms with Crippen molar-refractivity contribution in [1.29, 1.82) is 0 Å². The van der Waals surface area contributed by atoms with Gasteiger partial charge in [0.05, 0.1) is 0 Å². The molecule has 0 aromatic carbocycles. The lowest BCUT2D eigenvalue weighted by molar-refractivity contribution is 0.105. The molecule has 0 aromatic heterocycles. The zero-order chi connectivity index (χ0) is 9.72. The molecule has 3 atom stereocenters. The second kappa shape index (κ2) is 5.58. The lowest BCUT2D eigenvalue weighted by Crippen LogP contribution is -2.43. The largest absolute Gasteiger partial charge is 0.301 e. The van der Waals surface area contributed by atoms with Gasteiger partial charge in [-0.3, -0.25) is 0 Å². The van der Waals surface area contributed by atoms with E-state index in [1.165, 1.54) is 12.8 Å². The van der Waals surface area contributed by atoms with Gasteiger partial charge in [-0.1, -0.05) is 20.8 Å². The Balaban J connectivity index is 0.000000561. The predicted octanol–water partition coefficient (Wildman–Crippen LogP) is 3.15. The Morgan fingerprint density at radius 2 is 1.25 bits per heavy atom. The Bertz CT molecular complexity index is 99.6. The summed E-state index contributed by atoms with van der Waals surface area (Å²) in [6.07, 6.45) is 2.75. The standard InChI is InChI=1S/C9H19N.C2H6/c1-7-5-8(2)10(4)9(3)6-7;1-2/h7-9H,5-6H2,1-4H3;1-2H3/t7?,8-,9+;. The fourth-order valence-corrected chi connectivity index (χ4v) is 2.03. The number of piperidine rings is 1. The first-order valence-corrected chi connectivity index (χ1v) is 5.33. The van der Waals surface area contributed by atoms with Crippen LogP contribution in [0.2, 0.25) is 0 Å². The molecule has 0 aromatic rings. The van der Waals surface area contributed by atoms with Crippen molar-refractivity contribution >= 4 is 0 Å². The average molecular weight is 171 g/mol. The molecule has 0 saturated carbocycles. The van der Waals surface area contributed by atoms with E-state index < -0.39 is 0 Å². The molecule has 0 radical (unpaired) electrons. The van der Waals surface area contributed by atoms with Gasteiger partial charge < -0.3 is 4.90 Å². The quantitative estimate of drug-likeness (QED) is 0.541. The van der Waals surface area contributed by atoms with E-state index in [4.69, 9.17) is 0 Å². The molecule has 1 nitrogen and oxygen atoms in total.